The molecule has 0 spiro atoms. The van der Waals surface area contributed by atoms with Crippen molar-refractivity contribution >= 4 is 23.9 Å². The molecule has 1 rings (SSSR count). The number of methoxy groups -OCH3 is 1. The Balaban J connectivity index is 0.0000109. The Morgan fingerprint density at radius 3 is 1.47 bits per heavy atom. The van der Waals surface area contributed by atoms with Gasteiger partial charge < -0.3 is 34.4 Å². The minimum absolute atomic E-state index is 0. The van der Waals surface area contributed by atoms with Gasteiger partial charge in [-0.1, -0.05) is 0 Å². The van der Waals surface area contributed by atoms with E-state index in [2.05, 4.69) is 0 Å². The Morgan fingerprint density at radius 1 is 0.794 bits per heavy atom. The molecular formula is C20H35GdN5O8-2. The van der Waals surface area contributed by atoms with E-state index in [0.717, 1.165) is 0 Å². The Bertz CT molecular complexity index is 651. The number of carboxylic acid groups (broad SMARTS) is 3. The maximum Gasteiger partial charge on any atom is 0.418 e. The molecule has 0 aliphatic carbocycles. The monoisotopic (exact) mass is 631 g/mol. The standard InChI is InChI=1S/C20H37N5O8.Gd/c1-21(10-13-33-3)20(32)25(2)11-8-23(15-18(28)29)6-4-22(14-17(26)27)5-7-24(9-12-25)16-19(30)31;/h4-16H2,1-3H3,(H2-,26,27,28,29,30,31);/p-2. The number of hydrogen-bond donors (Lipinski definition) is 0. The quantitative estimate of drug-likeness (QED) is 0.224. The Hall–Kier alpha value is -0.995. The largest absolute Gasteiger partial charge is 0.549 e. The smallest absolute Gasteiger partial charge is 0.418 e. The van der Waals surface area contributed by atoms with E-state index in [0.29, 0.717) is 13.2 Å². The second kappa shape index (κ2) is 16.6. The molecule has 1 aliphatic rings. The van der Waals surface area contributed by atoms with Crippen LogP contribution < -0.4 is 15.3 Å². The molecule has 0 N–H and O–H groups in total. The van der Waals surface area contributed by atoms with Crippen LogP contribution in [0.3, 0.4) is 0 Å². The molecule has 0 unspecified atom stereocenters. The number of likely N-dealkylation sites (N-methyl/N-ethyl adjacent to an activating group) is 2. The number of carboxylic acids is 3. The van der Waals surface area contributed by atoms with Gasteiger partial charge in [0, 0.05) is 120 Å². The SMILES string of the molecule is COCCN(C)C(=O)[N+]1(C)CCN(CC(=O)[O-])CCN(CC(=O)[O-])CCN(CC(=O)[O-])CC1.[Gd]. The van der Waals surface area contributed by atoms with Crippen LogP contribution in [0, 0.1) is 39.9 Å². The molecule has 14 heteroatoms. The number of rotatable bonds is 9. The molecule has 13 nitrogen and oxygen atoms in total. The van der Waals surface area contributed by atoms with E-state index < -0.39 is 17.9 Å². The van der Waals surface area contributed by atoms with E-state index in [9.17, 15) is 34.5 Å². The predicted octanol–water partition coefficient (Wildman–Crippen LogP) is -5.70. The predicted molar refractivity (Wildman–Crippen MR) is 110 cm³/mol. The summed E-state index contributed by atoms with van der Waals surface area (Å²) in [5, 5.41) is 33.6. The van der Waals surface area contributed by atoms with Gasteiger partial charge in [0.25, 0.3) is 0 Å². The van der Waals surface area contributed by atoms with Crippen LogP contribution in [0.25, 0.3) is 0 Å². The molecule has 2 amide bonds. The van der Waals surface area contributed by atoms with E-state index in [-0.39, 0.29) is 122 Å². The number of urea groups is 1. The van der Waals surface area contributed by atoms with Crippen LogP contribution in [0.5, 0.6) is 0 Å². The first-order valence-corrected chi connectivity index (χ1v) is 10.8. The van der Waals surface area contributed by atoms with Crippen molar-refractivity contribution in [3.8, 4) is 0 Å². The zero-order valence-corrected chi connectivity index (χ0v) is 22.3. The second-order valence-electron chi connectivity index (χ2n) is 8.48. The first-order chi connectivity index (χ1) is 15.5. The summed E-state index contributed by atoms with van der Waals surface area (Å²) in [4.78, 5) is 53.1. The van der Waals surface area contributed by atoms with Crippen LogP contribution in [0.4, 0.5) is 4.79 Å². The van der Waals surface area contributed by atoms with Crippen LogP contribution in [0.15, 0.2) is 0 Å². The molecule has 0 aromatic rings. The minimum Gasteiger partial charge on any atom is -0.549 e. The van der Waals surface area contributed by atoms with E-state index in [4.69, 9.17) is 4.74 Å². The zero-order valence-electron chi connectivity index (χ0n) is 20.0. The number of quaternary nitrogens is 1. The van der Waals surface area contributed by atoms with Crippen molar-refractivity contribution in [3.63, 3.8) is 0 Å². The average Bonchev–Trinajstić information content (AvgIpc) is 2.72. The number of aliphatic carboxylic acids is 3. The van der Waals surface area contributed by atoms with E-state index >= 15 is 0 Å². The molecule has 1 heterocycles. The van der Waals surface area contributed by atoms with E-state index in [1.165, 1.54) is 12.0 Å². The first-order valence-electron chi connectivity index (χ1n) is 10.8. The molecule has 1 aliphatic heterocycles. The molecule has 0 radical (unpaired) electrons. The van der Waals surface area contributed by atoms with Crippen molar-refractivity contribution in [2.75, 3.05) is 106 Å². The normalized spacial score (nSPS) is 18.7. The summed E-state index contributed by atoms with van der Waals surface area (Å²) in [5.41, 5.74) is 0. The Kier molecular flexibility index (Phi) is 16.1. The fraction of sp³-hybridized carbons (Fsp3) is 0.800. The summed E-state index contributed by atoms with van der Waals surface area (Å²) in [6.07, 6.45) is 0. The van der Waals surface area contributed by atoms with E-state index in [1.807, 2.05) is 0 Å². The summed E-state index contributed by atoms with van der Waals surface area (Å²) in [5.74, 6) is -3.83. The number of amides is 2. The molecular weight excluding hydrogens is 595 g/mol. The number of hydrogen-bond acceptors (Lipinski definition) is 11. The number of nitrogens with zero attached hydrogens (tertiary/aromatic N) is 5. The van der Waals surface area contributed by atoms with Crippen LogP contribution in [-0.2, 0) is 19.1 Å². The molecule has 0 aromatic heterocycles. The molecule has 0 aromatic carbocycles. The van der Waals surface area contributed by atoms with Gasteiger partial charge in [-0.3, -0.25) is 19.6 Å². The van der Waals surface area contributed by atoms with Gasteiger partial charge in [0.05, 0.1) is 44.7 Å². The molecule has 1 fully saturated rings. The van der Waals surface area contributed by atoms with Gasteiger partial charge in [0.1, 0.15) is 0 Å². The fourth-order valence-corrected chi connectivity index (χ4v) is 3.69. The van der Waals surface area contributed by atoms with Crippen molar-refractivity contribution in [2.45, 2.75) is 0 Å². The Labute approximate surface area is 232 Å². The number of ether oxygens (including phenoxy) is 1. The zero-order chi connectivity index (χ0) is 25.0. The van der Waals surface area contributed by atoms with Gasteiger partial charge >= 0.3 is 6.03 Å². The van der Waals surface area contributed by atoms with Gasteiger partial charge in [-0.25, -0.2) is 9.28 Å². The topological polar surface area (TPSA) is 160 Å². The first kappa shape index (κ1) is 33.0. The molecule has 0 bridgehead atoms. The average molecular weight is 631 g/mol. The summed E-state index contributed by atoms with van der Waals surface area (Å²) in [7, 11) is 4.91. The molecule has 1 saturated heterocycles. The summed E-state index contributed by atoms with van der Waals surface area (Å²) >= 11 is 0. The summed E-state index contributed by atoms with van der Waals surface area (Å²) < 4.78 is 4.97. The van der Waals surface area contributed by atoms with Crippen LogP contribution in [-0.4, -0.2) is 154 Å². The van der Waals surface area contributed by atoms with Crippen molar-refractivity contribution in [2.24, 2.45) is 0 Å². The maximum absolute atomic E-state index is 13.2. The van der Waals surface area contributed by atoms with Crippen molar-refractivity contribution in [1.82, 2.24) is 19.6 Å². The molecule has 0 atom stereocenters. The van der Waals surface area contributed by atoms with Crippen molar-refractivity contribution in [1.29, 1.82) is 0 Å². The van der Waals surface area contributed by atoms with Crippen molar-refractivity contribution in [3.05, 3.63) is 0 Å². The number of carbonyl (C=O) groups excluding carboxylic acids is 4. The van der Waals surface area contributed by atoms with Crippen LogP contribution >= 0.6 is 0 Å². The third kappa shape index (κ3) is 12.6. The van der Waals surface area contributed by atoms with Gasteiger partial charge in [-0.05, 0) is 0 Å². The van der Waals surface area contributed by atoms with Gasteiger partial charge in [0.2, 0.25) is 0 Å². The number of carbonyl (C=O) groups is 4. The van der Waals surface area contributed by atoms with Crippen LogP contribution in [0.2, 0.25) is 0 Å². The Morgan fingerprint density at radius 2 is 1.15 bits per heavy atom. The van der Waals surface area contributed by atoms with E-state index in [1.54, 1.807) is 28.8 Å². The van der Waals surface area contributed by atoms with Gasteiger partial charge in [-0.15, -0.1) is 0 Å². The van der Waals surface area contributed by atoms with Gasteiger partial charge in [0.15, 0.2) is 0 Å². The van der Waals surface area contributed by atoms with Crippen LogP contribution in [0.1, 0.15) is 0 Å². The summed E-state index contributed by atoms with van der Waals surface area (Å²) in [6.45, 7) is 1.58. The second-order valence-corrected chi connectivity index (χ2v) is 8.48. The maximum atomic E-state index is 13.2. The fourth-order valence-electron chi connectivity index (χ4n) is 3.69. The third-order valence-electron chi connectivity index (χ3n) is 5.76. The molecule has 0 saturated carbocycles. The van der Waals surface area contributed by atoms with Crippen molar-refractivity contribution < 1.29 is 83.7 Å². The van der Waals surface area contributed by atoms with Gasteiger partial charge in [-0.2, -0.15) is 0 Å². The molecule has 198 valence electrons. The third-order valence-corrected chi connectivity index (χ3v) is 5.76. The summed E-state index contributed by atoms with van der Waals surface area (Å²) in [6, 6.07) is -0.204. The molecule has 34 heavy (non-hydrogen) atoms. The minimum atomic E-state index is -1.28.